The lowest BCUT2D eigenvalue weighted by atomic mass is 10.1. The Kier molecular flexibility index (Phi) is 9.03. The molecule has 11 rings (SSSR count). The van der Waals surface area contributed by atoms with Crippen LogP contribution in [0.5, 0.6) is 11.5 Å². The number of hydrogen-bond donors (Lipinski definition) is 2. The van der Waals surface area contributed by atoms with Gasteiger partial charge >= 0.3 is 11.3 Å². The van der Waals surface area contributed by atoms with Gasteiger partial charge in [0.05, 0.1) is 11.4 Å². The summed E-state index contributed by atoms with van der Waals surface area (Å²) in [7, 11) is 0. The molecule has 12 heteroatoms. The molecule has 0 unspecified atom stereocenters. The summed E-state index contributed by atoms with van der Waals surface area (Å²) in [6.07, 6.45) is 1.02. The Balaban J connectivity index is 0.000000147. The summed E-state index contributed by atoms with van der Waals surface area (Å²) in [4.78, 5) is 53.1. The number of hydrogen-bond acceptors (Lipinski definition) is 9. The van der Waals surface area contributed by atoms with Gasteiger partial charge in [0.25, 0.3) is 11.1 Å². The van der Waals surface area contributed by atoms with Crippen LogP contribution in [-0.2, 0) is 12.8 Å². The molecule has 0 saturated heterocycles. The summed E-state index contributed by atoms with van der Waals surface area (Å²) >= 11 is 4.10. The maximum absolute atomic E-state index is 13.9. The summed E-state index contributed by atoms with van der Waals surface area (Å²) in [6, 6.07) is 43.4. The number of benzene rings is 5. The molecule has 9 aromatic rings. The molecule has 60 heavy (non-hydrogen) atoms. The highest BCUT2D eigenvalue weighted by Gasteiger charge is 2.32. The molecule has 4 heterocycles. The Morgan fingerprint density at radius 1 is 0.517 bits per heavy atom. The molecular weight excluding hydrogens is 845 g/mol. The normalized spacial score (nSPS) is 12.1. The molecule has 0 bridgehead atoms. The van der Waals surface area contributed by atoms with E-state index < -0.39 is 28.1 Å². The number of halogens is 1. The van der Waals surface area contributed by atoms with Crippen molar-refractivity contribution in [1.29, 1.82) is 0 Å². The van der Waals surface area contributed by atoms with E-state index in [0.717, 1.165) is 50.0 Å². The van der Waals surface area contributed by atoms with Gasteiger partial charge < -0.3 is 19.0 Å². The maximum Gasteiger partial charge on any atom is 0.354 e. The Hall–Kier alpha value is -7.15. The van der Waals surface area contributed by atoms with Crippen LogP contribution >= 0.6 is 27.7 Å². The number of fused-ring (bicyclic) bond motifs is 10. The number of aromatic hydroxyl groups is 2. The molecule has 0 aliphatic heterocycles. The highest BCUT2D eigenvalue weighted by atomic mass is 79.9. The van der Waals surface area contributed by atoms with E-state index in [2.05, 4.69) is 15.9 Å². The molecule has 2 N–H and O–H groups in total. The average Bonchev–Trinajstić information content (AvgIpc) is 3.85. The smallest absolute Gasteiger partial charge is 0.354 e. The first-order valence-corrected chi connectivity index (χ1v) is 20.4. The van der Waals surface area contributed by atoms with E-state index in [1.165, 1.54) is 0 Å². The third-order valence-corrected chi connectivity index (χ3v) is 12.5. The lowest BCUT2D eigenvalue weighted by Crippen LogP contribution is -2.22. The fraction of sp³-hybridized carbons (Fsp3) is 0.0417. The SMILES string of the molecule is O=c1oc2c3c(n(-c4ccccc4)c(=O)c2c(O)c1Br)-c1ccccc1C3.O=c1oc2c3c(n(-c4ccccc4)c(=O)c2c(O)c1Sc1ccccc1)-c1ccccc1C3. The molecular formula is C48H29BrN2O8S. The molecule has 0 atom stereocenters. The van der Waals surface area contributed by atoms with Crippen molar-refractivity contribution in [1.82, 2.24) is 9.13 Å². The predicted octanol–water partition coefficient (Wildman–Crippen LogP) is 9.36. The predicted molar refractivity (Wildman–Crippen MR) is 234 cm³/mol. The second kappa shape index (κ2) is 14.6. The van der Waals surface area contributed by atoms with Crippen molar-refractivity contribution < 1.29 is 19.0 Å². The molecule has 5 aromatic carbocycles. The number of pyridine rings is 2. The first-order chi connectivity index (χ1) is 29.2. The lowest BCUT2D eigenvalue weighted by molar-refractivity contribution is 0.445. The molecule has 0 fully saturated rings. The monoisotopic (exact) mass is 872 g/mol. The van der Waals surface area contributed by atoms with E-state index in [1.54, 1.807) is 9.13 Å². The van der Waals surface area contributed by atoms with Crippen LogP contribution in [0.25, 0.3) is 55.8 Å². The van der Waals surface area contributed by atoms with E-state index >= 15 is 0 Å². The fourth-order valence-electron chi connectivity index (χ4n) is 8.17. The zero-order valence-electron chi connectivity index (χ0n) is 31.2. The van der Waals surface area contributed by atoms with Gasteiger partial charge in [0.15, 0.2) is 22.7 Å². The van der Waals surface area contributed by atoms with Gasteiger partial charge in [-0.2, -0.15) is 0 Å². The topological polar surface area (TPSA) is 145 Å². The summed E-state index contributed by atoms with van der Waals surface area (Å²) in [5.74, 6) is -0.738. The van der Waals surface area contributed by atoms with Crippen molar-refractivity contribution in [2.75, 3.05) is 0 Å². The quantitative estimate of drug-likeness (QED) is 0.177. The van der Waals surface area contributed by atoms with Crippen LogP contribution in [0.3, 0.4) is 0 Å². The van der Waals surface area contributed by atoms with Crippen molar-refractivity contribution >= 4 is 49.6 Å². The van der Waals surface area contributed by atoms with Crippen molar-refractivity contribution in [3.63, 3.8) is 0 Å². The largest absolute Gasteiger partial charge is 0.506 e. The van der Waals surface area contributed by atoms with Crippen molar-refractivity contribution in [3.05, 3.63) is 208 Å². The van der Waals surface area contributed by atoms with E-state index in [4.69, 9.17) is 8.83 Å². The zero-order chi connectivity index (χ0) is 41.2. The third kappa shape index (κ3) is 5.86. The van der Waals surface area contributed by atoms with Gasteiger partial charge in [-0.25, -0.2) is 9.59 Å². The number of nitrogens with zero attached hydrogens (tertiary/aromatic N) is 2. The molecule has 10 nitrogen and oxygen atoms in total. The zero-order valence-corrected chi connectivity index (χ0v) is 33.6. The molecule has 0 spiro atoms. The first-order valence-electron chi connectivity index (χ1n) is 18.8. The van der Waals surface area contributed by atoms with Gasteiger partial charge in [-0.15, -0.1) is 0 Å². The minimum atomic E-state index is -0.713. The molecule has 292 valence electrons. The molecule has 0 radical (unpaired) electrons. The Labute approximate surface area is 352 Å². The van der Waals surface area contributed by atoms with Crippen LogP contribution in [-0.4, -0.2) is 19.3 Å². The minimum Gasteiger partial charge on any atom is -0.506 e. The second-order valence-corrected chi connectivity index (χ2v) is 16.1. The van der Waals surface area contributed by atoms with Crippen LogP contribution in [0.1, 0.15) is 22.3 Å². The van der Waals surface area contributed by atoms with Gasteiger partial charge in [-0.05, 0) is 63.5 Å². The van der Waals surface area contributed by atoms with Gasteiger partial charge in [0, 0.05) is 51.4 Å². The van der Waals surface area contributed by atoms with Gasteiger partial charge in [-0.3, -0.25) is 18.7 Å². The van der Waals surface area contributed by atoms with Crippen LogP contribution in [0.15, 0.2) is 182 Å². The van der Waals surface area contributed by atoms with Crippen molar-refractivity contribution in [2.24, 2.45) is 0 Å². The van der Waals surface area contributed by atoms with Gasteiger partial charge in [-0.1, -0.05) is 115 Å². The third-order valence-electron chi connectivity index (χ3n) is 10.8. The van der Waals surface area contributed by atoms with Crippen LogP contribution in [0, 0.1) is 0 Å². The lowest BCUT2D eigenvalue weighted by Gasteiger charge is -2.16. The van der Waals surface area contributed by atoms with Gasteiger partial charge in [0.2, 0.25) is 0 Å². The Morgan fingerprint density at radius 3 is 1.43 bits per heavy atom. The van der Waals surface area contributed by atoms with E-state index in [9.17, 15) is 29.4 Å². The maximum atomic E-state index is 13.9. The molecule has 2 aliphatic rings. The van der Waals surface area contributed by atoms with Crippen molar-refractivity contribution in [3.8, 4) is 45.4 Å². The van der Waals surface area contributed by atoms with Crippen LogP contribution in [0.2, 0.25) is 0 Å². The van der Waals surface area contributed by atoms with E-state index in [1.807, 2.05) is 140 Å². The highest BCUT2D eigenvalue weighted by Crippen LogP contribution is 2.44. The van der Waals surface area contributed by atoms with E-state index in [-0.39, 0.29) is 37.1 Å². The standard InChI is InChI=1S/C27H17NO4S.C21H12BrNO4/c29-23-21-24(32-27(31)25(23)33-18-12-5-2-6-13-18)20-15-16-9-7-8-14-19(16)22(20)28(26(21)30)17-10-3-1-4-11-17;22-16-18(24)15-19(27-21(16)26)14-10-11-6-4-5-9-13(11)17(14)23(20(15)25)12-7-2-1-3-8-12/h1-14,29H,15H2;1-9,24H,10H2. The van der Waals surface area contributed by atoms with Crippen LogP contribution in [0.4, 0.5) is 0 Å². The number of rotatable bonds is 4. The van der Waals surface area contributed by atoms with Crippen molar-refractivity contribution in [2.45, 2.75) is 22.6 Å². The highest BCUT2D eigenvalue weighted by molar-refractivity contribution is 9.10. The number of para-hydroxylation sites is 2. The molecule has 2 aliphatic carbocycles. The summed E-state index contributed by atoms with van der Waals surface area (Å²) in [5, 5.41) is 21.7. The average molecular weight is 874 g/mol. The summed E-state index contributed by atoms with van der Waals surface area (Å²) < 4.78 is 14.2. The molecule has 4 aromatic heterocycles. The number of aromatic nitrogens is 2. The Morgan fingerprint density at radius 2 is 0.933 bits per heavy atom. The minimum absolute atomic E-state index is 0.000808. The first kappa shape index (κ1) is 37.1. The van der Waals surface area contributed by atoms with E-state index in [0.29, 0.717) is 35.6 Å². The Bertz CT molecular complexity index is 3470. The fourth-order valence-corrected chi connectivity index (χ4v) is 9.30. The summed E-state index contributed by atoms with van der Waals surface area (Å²) in [6.45, 7) is 0. The molecule has 0 saturated carbocycles. The van der Waals surface area contributed by atoms with Gasteiger partial charge in [0.1, 0.15) is 20.1 Å². The van der Waals surface area contributed by atoms with Crippen LogP contribution < -0.4 is 22.4 Å². The summed E-state index contributed by atoms with van der Waals surface area (Å²) in [5.41, 5.74) is 6.15. The second-order valence-electron chi connectivity index (χ2n) is 14.2. The molecule has 0 amide bonds.